The molecular formula is C23H23NO6S. The van der Waals surface area contributed by atoms with Gasteiger partial charge in [0.2, 0.25) is 5.75 Å². The number of esters is 1. The minimum Gasteiger partial charge on any atom is -0.506 e. The molecule has 0 aromatic heterocycles. The zero-order valence-electron chi connectivity index (χ0n) is 17.6. The summed E-state index contributed by atoms with van der Waals surface area (Å²) in [4.78, 5) is 17.5. The van der Waals surface area contributed by atoms with Crippen molar-refractivity contribution >= 4 is 34.5 Å². The van der Waals surface area contributed by atoms with Gasteiger partial charge in [-0.1, -0.05) is 23.9 Å². The van der Waals surface area contributed by atoms with E-state index in [1.54, 1.807) is 19.1 Å². The minimum absolute atomic E-state index is 0.00399. The Kier molecular flexibility index (Phi) is 6.91. The molecule has 7 nitrogen and oxygen atoms in total. The Labute approximate surface area is 184 Å². The number of thioether (sulfide) groups is 1. The molecule has 0 saturated carbocycles. The molecule has 3 rings (SSSR count). The molecule has 162 valence electrons. The number of ether oxygens (including phenoxy) is 3. The zero-order valence-corrected chi connectivity index (χ0v) is 18.4. The Bertz CT molecular complexity index is 1100. The van der Waals surface area contributed by atoms with E-state index in [2.05, 4.69) is 4.99 Å². The Morgan fingerprint density at radius 1 is 1.16 bits per heavy atom. The average Bonchev–Trinajstić information content (AvgIpc) is 3.02. The molecule has 1 aliphatic rings. The second kappa shape index (κ2) is 9.61. The standard InChI is InChI=1S/C23H23NO6S/c1-5-30-23(27)19-20(26)18(31-22(19)24-15-8-6-7-13(2)9-15)12-14-10-16(25)21(29-4)17(11-14)28-3/h6-12,25-26H,5H2,1-4H3. The number of hydrogen-bond donors (Lipinski definition) is 2. The van der Waals surface area contributed by atoms with Crippen LogP contribution in [-0.2, 0) is 9.53 Å². The number of aliphatic hydroxyl groups is 1. The number of carbonyl (C=O) groups is 1. The number of phenolic OH excluding ortho intramolecular Hbond substituents is 1. The molecule has 8 heteroatoms. The van der Waals surface area contributed by atoms with Gasteiger partial charge in [0.25, 0.3) is 0 Å². The van der Waals surface area contributed by atoms with Crippen molar-refractivity contribution in [2.45, 2.75) is 13.8 Å². The lowest BCUT2D eigenvalue weighted by atomic mass is 10.1. The molecule has 1 heterocycles. The summed E-state index contributed by atoms with van der Waals surface area (Å²) in [6.45, 7) is 3.80. The number of aliphatic imine (C=N–C) groups is 1. The summed E-state index contributed by atoms with van der Waals surface area (Å²) >= 11 is 1.14. The first-order valence-corrected chi connectivity index (χ1v) is 10.3. The van der Waals surface area contributed by atoms with Crippen LogP contribution < -0.4 is 9.47 Å². The smallest absolute Gasteiger partial charge is 0.344 e. The predicted molar refractivity (Wildman–Crippen MR) is 121 cm³/mol. The maximum absolute atomic E-state index is 12.5. The lowest BCUT2D eigenvalue weighted by molar-refractivity contribution is -0.138. The molecule has 0 aliphatic carbocycles. The van der Waals surface area contributed by atoms with Crippen molar-refractivity contribution < 1.29 is 29.2 Å². The number of phenols is 1. The predicted octanol–water partition coefficient (Wildman–Crippen LogP) is 4.91. The van der Waals surface area contributed by atoms with Gasteiger partial charge in [-0.2, -0.15) is 0 Å². The van der Waals surface area contributed by atoms with Gasteiger partial charge in [0.1, 0.15) is 16.4 Å². The van der Waals surface area contributed by atoms with E-state index in [1.165, 1.54) is 20.3 Å². The van der Waals surface area contributed by atoms with Gasteiger partial charge in [-0.3, -0.25) is 0 Å². The van der Waals surface area contributed by atoms with Crippen LogP contribution in [0.15, 0.2) is 57.6 Å². The van der Waals surface area contributed by atoms with E-state index in [1.807, 2.05) is 31.2 Å². The number of aliphatic hydroxyl groups excluding tert-OH is 1. The van der Waals surface area contributed by atoms with Gasteiger partial charge in [0, 0.05) is 0 Å². The van der Waals surface area contributed by atoms with E-state index < -0.39 is 5.97 Å². The number of aryl methyl sites for hydroxylation is 1. The van der Waals surface area contributed by atoms with Crippen molar-refractivity contribution in [3.05, 3.63) is 63.8 Å². The first kappa shape index (κ1) is 22.3. The van der Waals surface area contributed by atoms with E-state index in [4.69, 9.17) is 14.2 Å². The Balaban J connectivity index is 2.08. The molecule has 2 aromatic carbocycles. The summed E-state index contributed by atoms with van der Waals surface area (Å²) in [5.41, 5.74) is 2.22. The van der Waals surface area contributed by atoms with Crippen LogP contribution in [0.4, 0.5) is 5.69 Å². The number of hydrogen-bond acceptors (Lipinski definition) is 8. The maximum Gasteiger partial charge on any atom is 0.344 e. The van der Waals surface area contributed by atoms with Crippen LogP contribution in [0, 0.1) is 6.92 Å². The average molecular weight is 442 g/mol. The summed E-state index contributed by atoms with van der Waals surface area (Å²) in [5.74, 6) is -0.460. The monoisotopic (exact) mass is 441 g/mol. The number of aromatic hydroxyl groups is 1. The highest BCUT2D eigenvalue weighted by Crippen LogP contribution is 2.42. The summed E-state index contributed by atoms with van der Waals surface area (Å²) in [6.07, 6.45) is 1.62. The van der Waals surface area contributed by atoms with Crippen molar-refractivity contribution in [3.63, 3.8) is 0 Å². The van der Waals surface area contributed by atoms with E-state index in [9.17, 15) is 15.0 Å². The Hall–Kier alpha value is -3.39. The molecule has 2 N–H and O–H groups in total. The quantitative estimate of drug-likeness (QED) is 0.615. The van der Waals surface area contributed by atoms with Gasteiger partial charge in [0.15, 0.2) is 11.5 Å². The van der Waals surface area contributed by atoms with E-state index in [0.717, 1.165) is 17.3 Å². The van der Waals surface area contributed by atoms with E-state index in [0.29, 0.717) is 26.9 Å². The lowest BCUT2D eigenvalue weighted by Crippen LogP contribution is -2.12. The summed E-state index contributed by atoms with van der Waals surface area (Å²) in [7, 11) is 2.89. The number of rotatable bonds is 6. The summed E-state index contributed by atoms with van der Waals surface area (Å²) in [5, 5.41) is 21.3. The van der Waals surface area contributed by atoms with Crippen LogP contribution in [0.3, 0.4) is 0 Å². The molecule has 0 spiro atoms. The first-order chi connectivity index (χ1) is 14.9. The maximum atomic E-state index is 12.5. The van der Waals surface area contributed by atoms with E-state index in [-0.39, 0.29) is 29.4 Å². The molecule has 31 heavy (non-hydrogen) atoms. The SMILES string of the molecule is CCOC(=O)C1=C(O)C(=Cc2cc(O)c(OC)c(OC)c2)SC1=Nc1cccc(C)c1. The molecule has 2 aromatic rings. The second-order valence-electron chi connectivity index (χ2n) is 6.59. The third-order valence-corrected chi connectivity index (χ3v) is 5.40. The van der Waals surface area contributed by atoms with Crippen LogP contribution in [0.25, 0.3) is 6.08 Å². The molecule has 0 saturated heterocycles. The van der Waals surface area contributed by atoms with Crippen LogP contribution >= 0.6 is 11.8 Å². The number of carbonyl (C=O) groups excluding carboxylic acids is 1. The zero-order chi connectivity index (χ0) is 22.5. The fourth-order valence-electron chi connectivity index (χ4n) is 3.01. The molecule has 0 fully saturated rings. The van der Waals surface area contributed by atoms with Crippen LogP contribution in [0.2, 0.25) is 0 Å². The molecule has 0 unspecified atom stereocenters. The highest BCUT2D eigenvalue weighted by Gasteiger charge is 2.33. The molecule has 1 aliphatic heterocycles. The molecule has 0 bridgehead atoms. The van der Waals surface area contributed by atoms with Gasteiger partial charge in [-0.25, -0.2) is 9.79 Å². The van der Waals surface area contributed by atoms with Crippen molar-refractivity contribution in [2.24, 2.45) is 4.99 Å². The topological polar surface area (TPSA) is 97.6 Å². The summed E-state index contributed by atoms with van der Waals surface area (Å²) in [6, 6.07) is 10.6. The molecule has 0 amide bonds. The Morgan fingerprint density at radius 2 is 1.94 bits per heavy atom. The van der Waals surface area contributed by atoms with Crippen molar-refractivity contribution in [3.8, 4) is 17.2 Å². The van der Waals surface area contributed by atoms with Gasteiger partial charge in [-0.05, 0) is 55.3 Å². The highest BCUT2D eigenvalue weighted by molar-refractivity contribution is 8.18. The van der Waals surface area contributed by atoms with Crippen molar-refractivity contribution in [1.29, 1.82) is 0 Å². The molecule has 0 radical (unpaired) electrons. The first-order valence-electron chi connectivity index (χ1n) is 9.48. The van der Waals surface area contributed by atoms with Crippen molar-refractivity contribution in [1.82, 2.24) is 0 Å². The fourth-order valence-corrected chi connectivity index (χ4v) is 4.04. The van der Waals surface area contributed by atoms with Gasteiger partial charge in [0.05, 0.1) is 31.4 Å². The fraction of sp³-hybridized carbons (Fsp3) is 0.217. The minimum atomic E-state index is -0.655. The van der Waals surface area contributed by atoms with E-state index >= 15 is 0 Å². The molecule has 0 atom stereocenters. The number of nitrogens with zero attached hydrogens (tertiary/aromatic N) is 1. The van der Waals surface area contributed by atoms with Gasteiger partial charge >= 0.3 is 5.97 Å². The normalized spacial score (nSPS) is 16.1. The van der Waals surface area contributed by atoms with Gasteiger partial charge in [-0.15, -0.1) is 0 Å². The van der Waals surface area contributed by atoms with Crippen LogP contribution in [0.1, 0.15) is 18.1 Å². The third-order valence-electron chi connectivity index (χ3n) is 4.38. The van der Waals surface area contributed by atoms with Crippen LogP contribution in [-0.4, -0.2) is 42.1 Å². The third kappa shape index (κ3) is 4.86. The van der Waals surface area contributed by atoms with Crippen LogP contribution in [0.5, 0.6) is 17.2 Å². The van der Waals surface area contributed by atoms with Gasteiger partial charge < -0.3 is 24.4 Å². The second-order valence-corrected chi connectivity index (χ2v) is 7.62. The Morgan fingerprint density at radius 3 is 2.58 bits per heavy atom. The largest absolute Gasteiger partial charge is 0.506 e. The number of benzene rings is 2. The lowest BCUT2D eigenvalue weighted by Gasteiger charge is -2.10. The number of methoxy groups -OCH3 is 2. The summed E-state index contributed by atoms with van der Waals surface area (Å²) < 4.78 is 15.5. The van der Waals surface area contributed by atoms with Crippen molar-refractivity contribution in [2.75, 3.05) is 20.8 Å². The highest BCUT2D eigenvalue weighted by atomic mass is 32.2. The molecular weight excluding hydrogens is 418 g/mol.